The van der Waals surface area contributed by atoms with Crippen molar-refractivity contribution in [1.29, 1.82) is 0 Å². The summed E-state index contributed by atoms with van der Waals surface area (Å²) in [6.07, 6.45) is -2.55. The largest absolute Gasteiger partial charge is 0.416 e. The molecule has 1 aromatic carbocycles. The van der Waals surface area contributed by atoms with E-state index in [0.717, 1.165) is 17.0 Å². The molecule has 136 valence electrons. The zero-order chi connectivity index (χ0) is 17.5. The molecule has 25 heavy (non-hydrogen) atoms. The van der Waals surface area contributed by atoms with Crippen molar-refractivity contribution < 1.29 is 22.4 Å². The molecule has 3 rings (SSSR count). The highest BCUT2D eigenvalue weighted by atomic mass is 35.5. The third kappa shape index (κ3) is 4.28. The van der Waals surface area contributed by atoms with E-state index in [0.29, 0.717) is 31.0 Å². The number of alkyl halides is 3. The minimum absolute atomic E-state index is 0. The lowest BCUT2D eigenvalue weighted by atomic mass is 9.99. The first-order valence-corrected chi connectivity index (χ1v) is 7.98. The Morgan fingerprint density at radius 3 is 2.76 bits per heavy atom. The molecule has 0 saturated carbocycles. The Morgan fingerprint density at radius 1 is 1.36 bits per heavy atom. The van der Waals surface area contributed by atoms with E-state index in [1.54, 1.807) is 0 Å². The van der Waals surface area contributed by atoms with E-state index < -0.39 is 29.0 Å². The molecule has 1 aliphatic carbocycles. The van der Waals surface area contributed by atoms with E-state index in [4.69, 9.17) is 5.73 Å². The number of aromatic nitrogens is 1. The van der Waals surface area contributed by atoms with Crippen LogP contribution in [0.3, 0.4) is 0 Å². The maximum atomic E-state index is 13.7. The molecule has 0 radical (unpaired) electrons. The first-order valence-electron chi connectivity index (χ1n) is 7.16. The number of halogens is 5. The molecule has 4 nitrogen and oxygen atoms in total. The topological polar surface area (TPSA) is 68.0 Å². The van der Waals surface area contributed by atoms with Crippen LogP contribution in [-0.2, 0) is 19.0 Å². The van der Waals surface area contributed by atoms with Gasteiger partial charge in [0, 0.05) is 10.9 Å². The SMILES string of the molecule is Cl.N[C@H]1CCc2nc(NC(=O)c3cc(C(F)(F)F)ccc3F)sc2C1. The van der Waals surface area contributed by atoms with Gasteiger partial charge >= 0.3 is 6.18 Å². The summed E-state index contributed by atoms with van der Waals surface area (Å²) in [7, 11) is 0. The summed E-state index contributed by atoms with van der Waals surface area (Å²) < 4.78 is 51.8. The van der Waals surface area contributed by atoms with Crippen LogP contribution in [-0.4, -0.2) is 16.9 Å². The zero-order valence-corrected chi connectivity index (χ0v) is 14.3. The van der Waals surface area contributed by atoms with E-state index in [1.807, 2.05) is 0 Å². The molecule has 1 amide bonds. The fourth-order valence-corrected chi connectivity index (χ4v) is 3.59. The third-order valence-corrected chi connectivity index (χ3v) is 4.77. The molecule has 0 aliphatic heterocycles. The fraction of sp³-hybridized carbons (Fsp3) is 0.333. The number of hydrogen-bond donors (Lipinski definition) is 2. The van der Waals surface area contributed by atoms with Crippen LogP contribution in [0.25, 0.3) is 0 Å². The Bertz CT molecular complexity index is 794. The van der Waals surface area contributed by atoms with Gasteiger partial charge in [-0.1, -0.05) is 0 Å². The fourth-order valence-electron chi connectivity index (χ4n) is 2.49. The second-order valence-corrected chi connectivity index (χ2v) is 6.62. The molecule has 1 atom stereocenters. The minimum atomic E-state index is -4.65. The van der Waals surface area contributed by atoms with Gasteiger partial charge in [-0.25, -0.2) is 9.37 Å². The number of anilines is 1. The molecule has 0 unspecified atom stereocenters. The summed E-state index contributed by atoms with van der Waals surface area (Å²) in [6.45, 7) is 0. The lowest BCUT2D eigenvalue weighted by Crippen LogP contribution is -2.27. The summed E-state index contributed by atoms with van der Waals surface area (Å²) in [5.74, 6) is -1.99. The molecule has 3 N–H and O–H groups in total. The lowest BCUT2D eigenvalue weighted by Gasteiger charge is -2.15. The number of aryl methyl sites for hydroxylation is 1. The maximum Gasteiger partial charge on any atom is 0.416 e. The van der Waals surface area contributed by atoms with Gasteiger partial charge in [0.2, 0.25) is 0 Å². The molecule has 1 heterocycles. The zero-order valence-electron chi connectivity index (χ0n) is 12.7. The molecule has 1 aromatic heterocycles. The molecular formula is C15H14ClF4N3OS. The number of carbonyl (C=O) groups excluding carboxylic acids is 1. The first kappa shape index (κ1) is 19.6. The number of thiazole rings is 1. The second kappa shape index (κ2) is 7.27. The van der Waals surface area contributed by atoms with Crippen molar-refractivity contribution >= 4 is 34.8 Å². The van der Waals surface area contributed by atoms with Gasteiger partial charge in [0.1, 0.15) is 5.82 Å². The predicted octanol–water partition coefficient (Wildman–Crippen LogP) is 3.79. The Labute approximate surface area is 150 Å². The van der Waals surface area contributed by atoms with Crippen molar-refractivity contribution in [2.45, 2.75) is 31.5 Å². The normalized spacial score (nSPS) is 16.8. The highest BCUT2D eigenvalue weighted by Gasteiger charge is 2.32. The van der Waals surface area contributed by atoms with Gasteiger partial charge in [0.05, 0.1) is 16.8 Å². The van der Waals surface area contributed by atoms with Gasteiger partial charge in [0.25, 0.3) is 5.91 Å². The highest BCUT2D eigenvalue weighted by molar-refractivity contribution is 7.15. The number of benzene rings is 1. The first-order chi connectivity index (χ1) is 11.2. The summed E-state index contributed by atoms with van der Waals surface area (Å²) in [5, 5.41) is 2.60. The number of hydrogen-bond acceptors (Lipinski definition) is 4. The van der Waals surface area contributed by atoms with Gasteiger partial charge < -0.3 is 5.73 Å². The lowest BCUT2D eigenvalue weighted by molar-refractivity contribution is -0.137. The van der Waals surface area contributed by atoms with Crippen molar-refractivity contribution in [1.82, 2.24) is 4.98 Å². The van der Waals surface area contributed by atoms with Crippen LogP contribution in [0.5, 0.6) is 0 Å². The average Bonchev–Trinajstić information content (AvgIpc) is 2.87. The van der Waals surface area contributed by atoms with Crippen LogP contribution in [0.15, 0.2) is 18.2 Å². The van der Waals surface area contributed by atoms with Gasteiger partial charge in [0.15, 0.2) is 5.13 Å². The van der Waals surface area contributed by atoms with E-state index in [9.17, 15) is 22.4 Å². The van der Waals surface area contributed by atoms with Gasteiger partial charge in [-0.15, -0.1) is 23.7 Å². The summed E-state index contributed by atoms with van der Waals surface area (Å²) in [4.78, 5) is 17.3. The minimum Gasteiger partial charge on any atom is -0.327 e. The Hall–Kier alpha value is -1.71. The van der Waals surface area contributed by atoms with Crippen LogP contribution in [0.4, 0.5) is 22.7 Å². The number of fused-ring (bicyclic) bond motifs is 1. The number of rotatable bonds is 2. The molecular weight excluding hydrogens is 382 g/mol. The van der Waals surface area contributed by atoms with Gasteiger partial charge in [-0.2, -0.15) is 13.2 Å². The van der Waals surface area contributed by atoms with Crippen LogP contribution in [0.2, 0.25) is 0 Å². The molecule has 0 spiro atoms. The Kier molecular flexibility index (Phi) is 5.70. The number of nitrogens with two attached hydrogens (primary N) is 1. The summed E-state index contributed by atoms with van der Waals surface area (Å²) in [5.41, 5.74) is 4.93. The van der Waals surface area contributed by atoms with E-state index in [2.05, 4.69) is 10.3 Å². The van der Waals surface area contributed by atoms with Crippen molar-refractivity contribution in [3.8, 4) is 0 Å². The van der Waals surface area contributed by atoms with Gasteiger partial charge in [-0.3, -0.25) is 10.1 Å². The number of carbonyl (C=O) groups is 1. The third-order valence-electron chi connectivity index (χ3n) is 3.74. The summed E-state index contributed by atoms with van der Waals surface area (Å²) >= 11 is 1.21. The molecule has 0 fully saturated rings. The van der Waals surface area contributed by atoms with E-state index in [1.165, 1.54) is 11.3 Å². The average molecular weight is 396 g/mol. The van der Waals surface area contributed by atoms with E-state index >= 15 is 0 Å². The molecule has 0 bridgehead atoms. The van der Waals surface area contributed by atoms with Crippen molar-refractivity contribution in [2.24, 2.45) is 5.73 Å². The molecule has 1 aliphatic rings. The highest BCUT2D eigenvalue weighted by Crippen LogP contribution is 2.32. The number of nitrogens with zero attached hydrogens (tertiary/aromatic N) is 1. The number of nitrogens with one attached hydrogen (secondary N) is 1. The molecule has 10 heteroatoms. The predicted molar refractivity (Wildman–Crippen MR) is 88.7 cm³/mol. The van der Waals surface area contributed by atoms with Crippen molar-refractivity contribution in [3.05, 3.63) is 45.7 Å². The van der Waals surface area contributed by atoms with Gasteiger partial charge in [-0.05, 0) is 37.5 Å². The van der Waals surface area contributed by atoms with Crippen molar-refractivity contribution in [2.75, 3.05) is 5.32 Å². The van der Waals surface area contributed by atoms with Crippen LogP contribution in [0.1, 0.15) is 32.9 Å². The molecule has 2 aromatic rings. The summed E-state index contributed by atoms with van der Waals surface area (Å²) in [6, 6.07) is 1.75. The van der Waals surface area contributed by atoms with Crippen molar-refractivity contribution in [3.63, 3.8) is 0 Å². The monoisotopic (exact) mass is 395 g/mol. The van der Waals surface area contributed by atoms with Crippen LogP contribution >= 0.6 is 23.7 Å². The van der Waals surface area contributed by atoms with Crippen LogP contribution < -0.4 is 11.1 Å². The number of amides is 1. The Morgan fingerprint density at radius 2 is 2.08 bits per heavy atom. The van der Waals surface area contributed by atoms with Crippen LogP contribution in [0, 0.1) is 5.82 Å². The molecule has 0 saturated heterocycles. The quantitative estimate of drug-likeness (QED) is 0.760. The Balaban J connectivity index is 0.00000225. The maximum absolute atomic E-state index is 13.7. The standard InChI is InChI=1S/C15H13F4N3OS.ClH/c16-10-3-1-7(15(17,18)19)5-9(10)13(23)22-14-21-11-4-2-8(20)6-12(11)24-14;/h1,3,5,8H,2,4,6,20H2,(H,21,22,23);1H/t8-;/m0./s1. The van der Waals surface area contributed by atoms with E-state index in [-0.39, 0.29) is 23.6 Å². The smallest absolute Gasteiger partial charge is 0.327 e. The second-order valence-electron chi connectivity index (χ2n) is 5.54.